The van der Waals surface area contributed by atoms with Crippen molar-refractivity contribution >= 4 is 21.8 Å². The molecule has 1 saturated heterocycles. The minimum Gasteiger partial charge on any atom is -0.496 e. The van der Waals surface area contributed by atoms with Gasteiger partial charge in [0.2, 0.25) is 0 Å². The molecule has 2 rings (SSSR count). The molecule has 0 bridgehead atoms. The molecule has 0 radical (unpaired) electrons. The number of ether oxygens (including phenoxy) is 1. The van der Waals surface area contributed by atoms with Gasteiger partial charge in [-0.2, -0.15) is 0 Å². The average Bonchev–Trinajstić information content (AvgIpc) is 2.47. The highest BCUT2D eigenvalue weighted by Crippen LogP contribution is 2.23. The van der Waals surface area contributed by atoms with E-state index in [1.165, 1.54) is 0 Å². The molecule has 1 fully saturated rings. The van der Waals surface area contributed by atoms with Crippen LogP contribution in [0.15, 0.2) is 22.7 Å². The van der Waals surface area contributed by atoms with Crippen molar-refractivity contribution in [2.45, 2.75) is 6.04 Å². The van der Waals surface area contributed by atoms with Crippen LogP contribution in [0.25, 0.3) is 0 Å². The zero-order valence-electron chi connectivity index (χ0n) is 12.7. The fourth-order valence-electron chi connectivity index (χ4n) is 2.48. The average molecular weight is 356 g/mol. The van der Waals surface area contributed by atoms with Crippen LogP contribution in [0.2, 0.25) is 0 Å². The Morgan fingerprint density at radius 2 is 2.19 bits per heavy atom. The summed E-state index contributed by atoms with van der Waals surface area (Å²) in [4.78, 5) is 16.9. The number of carbonyl (C=O) groups excluding carboxylic acids is 1. The summed E-state index contributed by atoms with van der Waals surface area (Å²) in [5.74, 6) is 0.483. The SMILES string of the molecule is COc1cc(Br)ccc1C(=O)NCC1CN(C)CCN1C. The van der Waals surface area contributed by atoms with E-state index in [1.807, 2.05) is 6.07 Å². The number of rotatable bonds is 4. The van der Waals surface area contributed by atoms with Crippen LogP contribution in [0, 0.1) is 0 Å². The molecule has 1 aromatic rings. The molecule has 0 aliphatic carbocycles. The first kappa shape index (κ1) is 16.3. The van der Waals surface area contributed by atoms with Crippen LogP contribution in [-0.2, 0) is 0 Å². The second-order valence-electron chi connectivity index (χ2n) is 5.45. The predicted molar refractivity (Wildman–Crippen MR) is 86.9 cm³/mol. The quantitative estimate of drug-likeness (QED) is 0.887. The zero-order chi connectivity index (χ0) is 15.4. The summed E-state index contributed by atoms with van der Waals surface area (Å²) >= 11 is 3.38. The fraction of sp³-hybridized carbons (Fsp3) is 0.533. The Kier molecular flexibility index (Phi) is 5.61. The minimum atomic E-state index is -0.0963. The summed E-state index contributed by atoms with van der Waals surface area (Å²) in [7, 11) is 5.78. The zero-order valence-corrected chi connectivity index (χ0v) is 14.3. The van der Waals surface area contributed by atoms with E-state index in [0.29, 0.717) is 23.9 Å². The molecule has 0 aromatic heterocycles. The van der Waals surface area contributed by atoms with Gasteiger partial charge in [-0.3, -0.25) is 9.69 Å². The Morgan fingerprint density at radius 1 is 1.43 bits per heavy atom. The first-order chi connectivity index (χ1) is 10.0. The van der Waals surface area contributed by atoms with E-state index in [9.17, 15) is 4.79 Å². The van der Waals surface area contributed by atoms with E-state index in [4.69, 9.17) is 4.74 Å². The summed E-state index contributed by atoms with van der Waals surface area (Å²) in [6, 6.07) is 5.76. The van der Waals surface area contributed by atoms with Crippen molar-refractivity contribution in [3.05, 3.63) is 28.2 Å². The minimum absolute atomic E-state index is 0.0963. The summed E-state index contributed by atoms with van der Waals surface area (Å²) in [5.41, 5.74) is 0.563. The van der Waals surface area contributed by atoms with E-state index >= 15 is 0 Å². The molecule has 1 amide bonds. The summed E-state index contributed by atoms with van der Waals surface area (Å²) < 4.78 is 6.16. The molecule has 1 aromatic carbocycles. The lowest BCUT2D eigenvalue weighted by Crippen LogP contribution is -2.54. The third-order valence-corrected chi connectivity index (χ3v) is 4.38. The number of methoxy groups -OCH3 is 1. The summed E-state index contributed by atoms with van der Waals surface area (Å²) in [6.07, 6.45) is 0. The highest BCUT2D eigenvalue weighted by Gasteiger charge is 2.23. The molecular formula is C15H22BrN3O2. The lowest BCUT2D eigenvalue weighted by atomic mass is 10.1. The van der Waals surface area contributed by atoms with E-state index in [1.54, 1.807) is 19.2 Å². The van der Waals surface area contributed by atoms with Crippen molar-refractivity contribution < 1.29 is 9.53 Å². The molecular weight excluding hydrogens is 334 g/mol. The van der Waals surface area contributed by atoms with Crippen molar-refractivity contribution in [2.75, 3.05) is 47.4 Å². The van der Waals surface area contributed by atoms with Gasteiger partial charge >= 0.3 is 0 Å². The second kappa shape index (κ2) is 7.24. The van der Waals surface area contributed by atoms with Gasteiger partial charge in [-0.15, -0.1) is 0 Å². The number of amides is 1. The van der Waals surface area contributed by atoms with E-state index in [0.717, 1.165) is 24.1 Å². The number of benzene rings is 1. The van der Waals surface area contributed by atoms with Gasteiger partial charge in [0.15, 0.2) is 0 Å². The monoisotopic (exact) mass is 355 g/mol. The maximum absolute atomic E-state index is 12.3. The standard InChI is InChI=1S/C15H22BrN3O2/c1-18-6-7-19(2)12(10-18)9-17-15(20)13-5-4-11(16)8-14(13)21-3/h4-5,8,12H,6-7,9-10H2,1-3H3,(H,17,20). The maximum atomic E-state index is 12.3. The molecule has 5 nitrogen and oxygen atoms in total. The smallest absolute Gasteiger partial charge is 0.255 e. The van der Waals surface area contributed by atoms with Gasteiger partial charge in [0.25, 0.3) is 5.91 Å². The molecule has 116 valence electrons. The number of piperazine rings is 1. The van der Waals surface area contributed by atoms with Crippen molar-refractivity contribution in [1.29, 1.82) is 0 Å². The molecule has 1 aliphatic rings. The highest BCUT2D eigenvalue weighted by atomic mass is 79.9. The molecule has 1 heterocycles. The lowest BCUT2D eigenvalue weighted by molar-refractivity contribution is 0.0878. The van der Waals surface area contributed by atoms with Crippen molar-refractivity contribution in [3.63, 3.8) is 0 Å². The van der Waals surface area contributed by atoms with E-state index in [2.05, 4.69) is 45.1 Å². The van der Waals surface area contributed by atoms with Crippen molar-refractivity contribution in [3.8, 4) is 5.75 Å². The van der Waals surface area contributed by atoms with Gasteiger partial charge in [0.1, 0.15) is 5.75 Å². The van der Waals surface area contributed by atoms with Crippen LogP contribution in [0.4, 0.5) is 0 Å². The Morgan fingerprint density at radius 3 is 2.90 bits per heavy atom. The van der Waals surface area contributed by atoms with Crippen LogP contribution in [0.1, 0.15) is 10.4 Å². The molecule has 1 unspecified atom stereocenters. The fourth-order valence-corrected chi connectivity index (χ4v) is 2.82. The lowest BCUT2D eigenvalue weighted by Gasteiger charge is -2.37. The number of nitrogens with one attached hydrogen (secondary N) is 1. The Labute approximate surface area is 134 Å². The first-order valence-electron chi connectivity index (χ1n) is 7.01. The Bertz CT molecular complexity index is 510. The predicted octanol–water partition coefficient (Wildman–Crippen LogP) is 1.43. The normalized spacial score (nSPS) is 20.3. The van der Waals surface area contributed by atoms with E-state index in [-0.39, 0.29) is 5.91 Å². The Balaban J connectivity index is 1.98. The number of nitrogens with zero attached hydrogens (tertiary/aromatic N) is 2. The third kappa shape index (κ3) is 4.18. The van der Waals surface area contributed by atoms with Gasteiger partial charge < -0.3 is 15.0 Å². The third-order valence-electron chi connectivity index (χ3n) is 3.89. The number of carbonyl (C=O) groups is 1. The molecule has 1 atom stereocenters. The molecule has 0 spiro atoms. The van der Waals surface area contributed by atoms with Crippen LogP contribution in [0.3, 0.4) is 0 Å². The number of hydrogen-bond acceptors (Lipinski definition) is 4. The molecule has 1 aliphatic heterocycles. The highest BCUT2D eigenvalue weighted by molar-refractivity contribution is 9.10. The van der Waals surface area contributed by atoms with Crippen molar-refractivity contribution in [1.82, 2.24) is 15.1 Å². The van der Waals surface area contributed by atoms with Crippen LogP contribution < -0.4 is 10.1 Å². The molecule has 1 N–H and O–H groups in total. The number of likely N-dealkylation sites (N-methyl/N-ethyl adjacent to an activating group) is 2. The largest absolute Gasteiger partial charge is 0.496 e. The van der Waals surface area contributed by atoms with Crippen molar-refractivity contribution in [2.24, 2.45) is 0 Å². The molecule has 6 heteroatoms. The van der Waals surface area contributed by atoms with Gasteiger partial charge in [0, 0.05) is 36.7 Å². The van der Waals surface area contributed by atoms with Gasteiger partial charge in [-0.05, 0) is 32.3 Å². The topological polar surface area (TPSA) is 44.8 Å². The van der Waals surface area contributed by atoms with Gasteiger partial charge in [-0.1, -0.05) is 15.9 Å². The molecule has 0 saturated carbocycles. The van der Waals surface area contributed by atoms with Crippen LogP contribution >= 0.6 is 15.9 Å². The summed E-state index contributed by atoms with van der Waals surface area (Å²) in [5, 5.41) is 3.01. The first-order valence-corrected chi connectivity index (χ1v) is 7.81. The summed E-state index contributed by atoms with van der Waals surface area (Å²) in [6.45, 7) is 3.70. The second-order valence-corrected chi connectivity index (χ2v) is 6.37. The van der Waals surface area contributed by atoms with Gasteiger partial charge in [-0.25, -0.2) is 0 Å². The van der Waals surface area contributed by atoms with E-state index < -0.39 is 0 Å². The maximum Gasteiger partial charge on any atom is 0.255 e. The van der Waals surface area contributed by atoms with Crippen LogP contribution in [-0.4, -0.2) is 69.1 Å². The van der Waals surface area contributed by atoms with Gasteiger partial charge in [0.05, 0.1) is 12.7 Å². The molecule has 21 heavy (non-hydrogen) atoms. The number of halogens is 1. The Hall–Kier alpha value is -1.11. The van der Waals surface area contributed by atoms with Crippen LogP contribution in [0.5, 0.6) is 5.75 Å². The number of hydrogen-bond donors (Lipinski definition) is 1.